The second-order valence-corrected chi connectivity index (χ2v) is 6.06. The first-order valence-corrected chi connectivity index (χ1v) is 7.98. The predicted molar refractivity (Wildman–Crippen MR) is 92.8 cm³/mol. The fourth-order valence-corrected chi connectivity index (χ4v) is 2.79. The van der Waals surface area contributed by atoms with Gasteiger partial charge in [-0.05, 0) is 30.7 Å². The van der Waals surface area contributed by atoms with Gasteiger partial charge in [-0.2, -0.15) is 0 Å². The second kappa shape index (κ2) is 7.64. The van der Waals surface area contributed by atoms with Crippen LogP contribution in [0.5, 0.6) is 0 Å². The fourth-order valence-electron chi connectivity index (χ4n) is 1.88. The summed E-state index contributed by atoms with van der Waals surface area (Å²) in [6, 6.07) is 7.36. The van der Waals surface area contributed by atoms with Crippen LogP contribution in [0.3, 0.4) is 0 Å². The van der Waals surface area contributed by atoms with E-state index in [1.807, 2.05) is 6.92 Å². The number of nitrogens with one attached hydrogen (secondary N) is 1. The first-order valence-electron chi connectivity index (χ1n) is 7.10. The van der Waals surface area contributed by atoms with Gasteiger partial charge in [0.25, 0.3) is 0 Å². The van der Waals surface area contributed by atoms with Crippen molar-refractivity contribution in [2.24, 2.45) is 0 Å². The van der Waals surface area contributed by atoms with Gasteiger partial charge in [-0.15, -0.1) is 0 Å². The van der Waals surface area contributed by atoms with E-state index in [9.17, 15) is 9.59 Å². The number of carboxylic acid groups (broad SMARTS) is 1. The lowest BCUT2D eigenvalue weighted by Crippen LogP contribution is -2.25. The Bertz CT molecular complexity index is 731. The average molecular weight is 347 g/mol. The number of nitrogens with two attached hydrogens (primary N) is 2. The summed E-state index contributed by atoms with van der Waals surface area (Å²) in [5.74, 6) is -0.782. The van der Waals surface area contributed by atoms with Crippen LogP contribution in [-0.4, -0.2) is 32.2 Å². The van der Waals surface area contributed by atoms with Crippen molar-refractivity contribution in [1.29, 1.82) is 0 Å². The lowest BCUT2D eigenvalue weighted by Gasteiger charge is -2.14. The number of nitrogen functional groups attached to an aromatic ring is 2. The molecule has 1 aromatic heterocycles. The minimum atomic E-state index is -1.02. The molecular weight excluding hydrogens is 330 g/mol. The molecule has 24 heavy (non-hydrogen) atoms. The SMILES string of the molecule is CCC(Sc1nc(N)cc(N)n1)C(=O)Nc1ccc(C(=O)O)cc1. The zero-order chi connectivity index (χ0) is 17.7. The molecule has 0 aliphatic heterocycles. The molecule has 0 bridgehead atoms. The zero-order valence-corrected chi connectivity index (χ0v) is 13.7. The van der Waals surface area contributed by atoms with Crippen molar-refractivity contribution in [3.05, 3.63) is 35.9 Å². The Balaban J connectivity index is 2.06. The Labute approximate surface area is 142 Å². The summed E-state index contributed by atoms with van der Waals surface area (Å²) >= 11 is 1.16. The van der Waals surface area contributed by atoms with Gasteiger partial charge in [0.05, 0.1) is 10.8 Å². The van der Waals surface area contributed by atoms with Crippen LogP contribution in [0.4, 0.5) is 17.3 Å². The molecule has 9 heteroatoms. The van der Waals surface area contributed by atoms with Crippen molar-refractivity contribution >= 4 is 41.0 Å². The number of thioether (sulfide) groups is 1. The van der Waals surface area contributed by atoms with Gasteiger partial charge in [-0.25, -0.2) is 14.8 Å². The second-order valence-electron chi connectivity index (χ2n) is 4.89. The number of carbonyl (C=O) groups is 2. The molecule has 1 heterocycles. The fraction of sp³-hybridized carbons (Fsp3) is 0.200. The summed E-state index contributed by atoms with van der Waals surface area (Å²) in [7, 11) is 0. The molecule has 2 rings (SSSR count). The van der Waals surface area contributed by atoms with Crippen molar-refractivity contribution in [1.82, 2.24) is 9.97 Å². The third kappa shape index (κ3) is 4.59. The summed E-state index contributed by atoms with van der Waals surface area (Å²) in [5.41, 5.74) is 11.9. The molecule has 0 saturated carbocycles. The number of hydrogen-bond donors (Lipinski definition) is 4. The zero-order valence-electron chi connectivity index (χ0n) is 12.9. The van der Waals surface area contributed by atoms with Gasteiger partial charge < -0.3 is 21.9 Å². The van der Waals surface area contributed by atoms with Gasteiger partial charge in [-0.1, -0.05) is 18.7 Å². The van der Waals surface area contributed by atoms with Crippen LogP contribution in [0.25, 0.3) is 0 Å². The number of carbonyl (C=O) groups excluding carboxylic acids is 1. The van der Waals surface area contributed by atoms with Crippen molar-refractivity contribution in [2.75, 3.05) is 16.8 Å². The van der Waals surface area contributed by atoms with Crippen LogP contribution in [0, 0.1) is 0 Å². The van der Waals surface area contributed by atoms with Gasteiger partial charge >= 0.3 is 5.97 Å². The molecule has 0 radical (unpaired) electrons. The Morgan fingerprint density at radius 3 is 2.29 bits per heavy atom. The maximum Gasteiger partial charge on any atom is 0.335 e. The standard InChI is InChI=1S/C15H17N5O3S/c1-2-10(24-15-19-11(16)7-12(17)20-15)13(21)18-9-5-3-8(4-6-9)14(22)23/h3-7,10H,2H2,1H3,(H,18,21)(H,22,23)(H4,16,17,19,20). The minimum absolute atomic E-state index is 0.151. The van der Waals surface area contributed by atoms with Crippen molar-refractivity contribution < 1.29 is 14.7 Å². The summed E-state index contributed by atoms with van der Waals surface area (Å²) < 4.78 is 0. The molecule has 1 unspecified atom stereocenters. The van der Waals surface area contributed by atoms with Crippen molar-refractivity contribution in [3.63, 3.8) is 0 Å². The highest BCUT2D eigenvalue weighted by atomic mass is 32.2. The van der Waals surface area contributed by atoms with Gasteiger partial charge in [0.2, 0.25) is 5.91 Å². The number of aromatic nitrogens is 2. The molecular formula is C15H17N5O3S. The largest absolute Gasteiger partial charge is 0.478 e. The molecule has 6 N–H and O–H groups in total. The number of rotatable bonds is 6. The predicted octanol–water partition coefficient (Wildman–Crippen LogP) is 1.85. The molecule has 8 nitrogen and oxygen atoms in total. The van der Waals surface area contributed by atoms with Gasteiger partial charge in [0, 0.05) is 11.8 Å². The normalized spacial score (nSPS) is 11.7. The van der Waals surface area contributed by atoms with E-state index in [4.69, 9.17) is 16.6 Å². The number of nitrogens with zero attached hydrogens (tertiary/aromatic N) is 2. The number of hydrogen-bond acceptors (Lipinski definition) is 7. The van der Waals surface area contributed by atoms with Crippen LogP contribution in [0.1, 0.15) is 23.7 Å². The third-order valence-electron chi connectivity index (χ3n) is 3.06. The Morgan fingerprint density at radius 1 is 1.21 bits per heavy atom. The summed E-state index contributed by atoms with van der Waals surface area (Å²) in [5, 5.41) is 11.5. The molecule has 0 aliphatic carbocycles. The van der Waals surface area contributed by atoms with E-state index in [0.717, 1.165) is 11.8 Å². The highest BCUT2D eigenvalue weighted by molar-refractivity contribution is 8.00. The molecule has 0 spiro atoms. The van der Waals surface area contributed by atoms with Crippen molar-refractivity contribution in [3.8, 4) is 0 Å². The first-order chi connectivity index (χ1) is 11.4. The van der Waals surface area contributed by atoms with E-state index in [1.54, 1.807) is 0 Å². The summed E-state index contributed by atoms with van der Waals surface area (Å²) in [6.07, 6.45) is 0.543. The topological polar surface area (TPSA) is 144 Å². The van der Waals surface area contributed by atoms with E-state index < -0.39 is 11.2 Å². The maximum atomic E-state index is 12.4. The van der Waals surface area contributed by atoms with E-state index in [2.05, 4.69) is 15.3 Å². The molecule has 0 saturated heterocycles. The molecule has 1 aromatic carbocycles. The minimum Gasteiger partial charge on any atom is -0.478 e. The van der Waals surface area contributed by atoms with E-state index in [-0.39, 0.29) is 23.1 Å². The number of amides is 1. The quantitative estimate of drug-likeness (QED) is 0.457. The number of anilines is 3. The van der Waals surface area contributed by atoms with Gasteiger partial charge in [0.15, 0.2) is 5.16 Å². The molecule has 0 aliphatic rings. The van der Waals surface area contributed by atoms with E-state index in [1.165, 1.54) is 30.3 Å². The van der Waals surface area contributed by atoms with Gasteiger partial charge in [0.1, 0.15) is 11.6 Å². The Kier molecular flexibility index (Phi) is 5.59. The molecule has 126 valence electrons. The maximum absolute atomic E-state index is 12.4. The average Bonchev–Trinajstić information content (AvgIpc) is 2.52. The lowest BCUT2D eigenvalue weighted by atomic mass is 10.2. The summed E-state index contributed by atoms with van der Waals surface area (Å²) in [6.45, 7) is 1.86. The lowest BCUT2D eigenvalue weighted by molar-refractivity contribution is -0.115. The molecule has 1 amide bonds. The molecule has 1 atom stereocenters. The number of aromatic carboxylic acids is 1. The third-order valence-corrected chi connectivity index (χ3v) is 4.28. The Hall–Kier alpha value is -2.81. The summed E-state index contributed by atoms with van der Waals surface area (Å²) in [4.78, 5) is 31.3. The molecule has 0 fully saturated rings. The highest BCUT2D eigenvalue weighted by Gasteiger charge is 2.20. The first kappa shape index (κ1) is 17.5. The number of benzene rings is 1. The monoisotopic (exact) mass is 347 g/mol. The highest BCUT2D eigenvalue weighted by Crippen LogP contribution is 2.25. The van der Waals surface area contributed by atoms with Crippen LogP contribution < -0.4 is 16.8 Å². The van der Waals surface area contributed by atoms with Crippen LogP contribution in [0.2, 0.25) is 0 Å². The van der Waals surface area contributed by atoms with Crippen LogP contribution in [0.15, 0.2) is 35.5 Å². The van der Waals surface area contributed by atoms with Crippen molar-refractivity contribution in [2.45, 2.75) is 23.8 Å². The number of carboxylic acids is 1. The van der Waals surface area contributed by atoms with E-state index in [0.29, 0.717) is 17.3 Å². The van der Waals surface area contributed by atoms with Gasteiger partial charge in [-0.3, -0.25) is 4.79 Å². The van der Waals surface area contributed by atoms with Crippen LogP contribution >= 0.6 is 11.8 Å². The van der Waals surface area contributed by atoms with Crippen LogP contribution in [-0.2, 0) is 4.79 Å². The smallest absolute Gasteiger partial charge is 0.335 e. The Morgan fingerprint density at radius 2 is 1.79 bits per heavy atom. The van der Waals surface area contributed by atoms with E-state index >= 15 is 0 Å². The molecule has 2 aromatic rings.